The monoisotopic (exact) mass is 299 g/mol. The fraction of sp³-hybridized carbons (Fsp3) is 0.389. The maximum atomic E-state index is 12.1. The number of aryl methyl sites for hydroxylation is 2. The van der Waals surface area contributed by atoms with Gasteiger partial charge in [-0.25, -0.2) is 0 Å². The quantitative estimate of drug-likeness (QED) is 0.833. The lowest BCUT2D eigenvalue weighted by Gasteiger charge is -2.11. The summed E-state index contributed by atoms with van der Waals surface area (Å²) in [6.45, 7) is 5.84. The Morgan fingerprint density at radius 2 is 1.64 bits per heavy atom. The molecule has 0 saturated heterocycles. The SMILES string of the molecule is Cc1ccc(C)n1-c1ccc(C(=O)NCCCN(C)C)cc1. The summed E-state index contributed by atoms with van der Waals surface area (Å²) in [5.41, 5.74) is 4.18. The molecule has 0 aliphatic rings. The maximum absolute atomic E-state index is 12.1. The molecule has 2 rings (SSSR count). The van der Waals surface area contributed by atoms with Gasteiger partial charge in [-0.2, -0.15) is 0 Å². The van der Waals surface area contributed by atoms with E-state index in [2.05, 4.69) is 40.8 Å². The van der Waals surface area contributed by atoms with Gasteiger partial charge in [0.15, 0.2) is 0 Å². The third-order valence-corrected chi connectivity index (χ3v) is 3.73. The smallest absolute Gasteiger partial charge is 0.251 e. The van der Waals surface area contributed by atoms with Crippen LogP contribution in [-0.4, -0.2) is 42.6 Å². The average molecular weight is 299 g/mol. The molecule has 0 spiro atoms. The van der Waals surface area contributed by atoms with Crippen LogP contribution in [0.4, 0.5) is 0 Å². The van der Waals surface area contributed by atoms with Gasteiger partial charge < -0.3 is 14.8 Å². The molecule has 0 saturated carbocycles. The van der Waals surface area contributed by atoms with Crippen molar-refractivity contribution in [2.45, 2.75) is 20.3 Å². The lowest BCUT2D eigenvalue weighted by molar-refractivity contribution is 0.0952. The van der Waals surface area contributed by atoms with E-state index in [9.17, 15) is 4.79 Å². The molecule has 0 aliphatic heterocycles. The summed E-state index contributed by atoms with van der Waals surface area (Å²) in [5.74, 6) is -0.00810. The van der Waals surface area contributed by atoms with Crippen molar-refractivity contribution in [2.75, 3.05) is 27.2 Å². The number of carbonyl (C=O) groups is 1. The van der Waals surface area contributed by atoms with Crippen molar-refractivity contribution in [2.24, 2.45) is 0 Å². The molecular formula is C18H25N3O. The molecule has 1 aromatic carbocycles. The summed E-state index contributed by atoms with van der Waals surface area (Å²) in [5, 5.41) is 2.96. The normalized spacial score (nSPS) is 11.0. The van der Waals surface area contributed by atoms with E-state index in [1.54, 1.807) is 0 Å². The van der Waals surface area contributed by atoms with Crippen LogP contribution in [0, 0.1) is 13.8 Å². The average Bonchev–Trinajstić information content (AvgIpc) is 2.82. The molecule has 1 amide bonds. The fourth-order valence-corrected chi connectivity index (χ4v) is 2.54. The van der Waals surface area contributed by atoms with Crippen molar-refractivity contribution in [3.8, 4) is 5.69 Å². The fourth-order valence-electron chi connectivity index (χ4n) is 2.54. The van der Waals surface area contributed by atoms with Crippen LogP contribution in [0.25, 0.3) is 5.69 Å². The number of hydrogen-bond donors (Lipinski definition) is 1. The lowest BCUT2D eigenvalue weighted by atomic mass is 10.2. The Bertz CT molecular complexity index is 607. The molecule has 0 atom stereocenters. The van der Waals surface area contributed by atoms with E-state index in [1.807, 2.05) is 38.4 Å². The third kappa shape index (κ3) is 3.98. The Kier molecular flexibility index (Phi) is 5.39. The first-order valence-electron chi connectivity index (χ1n) is 7.67. The highest BCUT2D eigenvalue weighted by Gasteiger charge is 2.07. The second-order valence-electron chi connectivity index (χ2n) is 5.91. The second kappa shape index (κ2) is 7.27. The molecule has 1 aromatic heterocycles. The molecule has 1 N–H and O–H groups in total. The highest BCUT2D eigenvalue weighted by Crippen LogP contribution is 2.16. The van der Waals surface area contributed by atoms with Crippen molar-refractivity contribution >= 4 is 5.91 Å². The summed E-state index contributed by atoms with van der Waals surface area (Å²) < 4.78 is 2.18. The van der Waals surface area contributed by atoms with Crippen LogP contribution in [0.5, 0.6) is 0 Å². The van der Waals surface area contributed by atoms with E-state index >= 15 is 0 Å². The minimum atomic E-state index is -0.00810. The van der Waals surface area contributed by atoms with Gasteiger partial charge in [0.25, 0.3) is 5.91 Å². The number of nitrogens with zero attached hydrogens (tertiary/aromatic N) is 2. The van der Waals surface area contributed by atoms with Gasteiger partial charge in [0, 0.05) is 29.2 Å². The van der Waals surface area contributed by atoms with Gasteiger partial charge in [0.2, 0.25) is 0 Å². The van der Waals surface area contributed by atoms with Crippen LogP contribution in [-0.2, 0) is 0 Å². The van der Waals surface area contributed by atoms with E-state index in [0.29, 0.717) is 12.1 Å². The summed E-state index contributed by atoms with van der Waals surface area (Å²) in [6.07, 6.45) is 0.957. The zero-order valence-corrected chi connectivity index (χ0v) is 13.9. The molecule has 22 heavy (non-hydrogen) atoms. The standard InChI is InChI=1S/C18H25N3O/c1-14-6-7-15(2)21(14)17-10-8-16(9-11-17)18(22)19-12-5-13-20(3)4/h6-11H,5,12-13H2,1-4H3,(H,19,22). The summed E-state index contributed by atoms with van der Waals surface area (Å²) in [7, 11) is 4.07. The number of benzene rings is 1. The molecule has 4 nitrogen and oxygen atoms in total. The van der Waals surface area contributed by atoms with Crippen LogP contribution < -0.4 is 5.32 Å². The first-order chi connectivity index (χ1) is 10.5. The highest BCUT2D eigenvalue weighted by atomic mass is 16.1. The Balaban J connectivity index is 1.98. The predicted octanol–water partition coefficient (Wildman–Crippen LogP) is 2.78. The van der Waals surface area contributed by atoms with Crippen molar-refractivity contribution in [1.82, 2.24) is 14.8 Å². The van der Waals surface area contributed by atoms with Gasteiger partial charge in [-0.3, -0.25) is 4.79 Å². The molecular weight excluding hydrogens is 274 g/mol. The third-order valence-electron chi connectivity index (χ3n) is 3.73. The summed E-state index contributed by atoms with van der Waals surface area (Å²) in [6, 6.07) is 12.0. The molecule has 2 aromatic rings. The number of carbonyl (C=O) groups excluding carboxylic acids is 1. The molecule has 0 fully saturated rings. The molecule has 118 valence electrons. The van der Waals surface area contributed by atoms with E-state index in [4.69, 9.17) is 0 Å². The van der Waals surface area contributed by atoms with Gasteiger partial charge in [0.05, 0.1) is 0 Å². The predicted molar refractivity (Wildman–Crippen MR) is 90.7 cm³/mol. The van der Waals surface area contributed by atoms with Gasteiger partial charge in [0.1, 0.15) is 0 Å². The van der Waals surface area contributed by atoms with E-state index in [1.165, 1.54) is 11.4 Å². The second-order valence-corrected chi connectivity index (χ2v) is 5.91. The first kappa shape index (κ1) is 16.3. The first-order valence-corrected chi connectivity index (χ1v) is 7.67. The van der Waals surface area contributed by atoms with Gasteiger partial charge in [-0.15, -0.1) is 0 Å². The Morgan fingerprint density at radius 1 is 1.05 bits per heavy atom. The number of amides is 1. The highest BCUT2D eigenvalue weighted by molar-refractivity contribution is 5.94. The van der Waals surface area contributed by atoms with Crippen LogP contribution in [0.15, 0.2) is 36.4 Å². The summed E-state index contributed by atoms with van der Waals surface area (Å²) in [4.78, 5) is 14.2. The zero-order valence-electron chi connectivity index (χ0n) is 13.9. The van der Waals surface area contributed by atoms with Crippen LogP contribution >= 0.6 is 0 Å². The topological polar surface area (TPSA) is 37.3 Å². The molecule has 0 radical (unpaired) electrons. The Hall–Kier alpha value is -2.07. The Morgan fingerprint density at radius 3 is 2.18 bits per heavy atom. The van der Waals surface area contributed by atoms with Crippen LogP contribution in [0.1, 0.15) is 28.2 Å². The van der Waals surface area contributed by atoms with Gasteiger partial charge >= 0.3 is 0 Å². The molecule has 0 aliphatic carbocycles. The lowest BCUT2D eigenvalue weighted by Crippen LogP contribution is -2.27. The number of rotatable bonds is 6. The minimum absolute atomic E-state index is 0.00810. The molecule has 1 heterocycles. The van der Waals surface area contributed by atoms with Crippen molar-refractivity contribution in [1.29, 1.82) is 0 Å². The number of nitrogens with one attached hydrogen (secondary N) is 1. The van der Waals surface area contributed by atoms with Gasteiger partial charge in [-0.1, -0.05) is 0 Å². The van der Waals surface area contributed by atoms with E-state index in [-0.39, 0.29) is 5.91 Å². The van der Waals surface area contributed by atoms with Crippen molar-refractivity contribution in [3.63, 3.8) is 0 Å². The van der Waals surface area contributed by atoms with E-state index < -0.39 is 0 Å². The largest absolute Gasteiger partial charge is 0.352 e. The zero-order chi connectivity index (χ0) is 16.1. The van der Waals surface area contributed by atoms with Crippen LogP contribution in [0.3, 0.4) is 0 Å². The number of hydrogen-bond acceptors (Lipinski definition) is 2. The number of aromatic nitrogens is 1. The minimum Gasteiger partial charge on any atom is -0.352 e. The maximum Gasteiger partial charge on any atom is 0.251 e. The van der Waals surface area contributed by atoms with Crippen LogP contribution in [0.2, 0.25) is 0 Å². The summed E-state index contributed by atoms with van der Waals surface area (Å²) >= 11 is 0. The van der Waals surface area contributed by atoms with Crippen molar-refractivity contribution in [3.05, 3.63) is 53.3 Å². The van der Waals surface area contributed by atoms with E-state index in [0.717, 1.165) is 18.7 Å². The van der Waals surface area contributed by atoms with Crippen molar-refractivity contribution < 1.29 is 4.79 Å². The molecule has 0 unspecified atom stereocenters. The molecule has 4 heteroatoms. The molecule has 0 bridgehead atoms. The van der Waals surface area contributed by atoms with Gasteiger partial charge in [-0.05, 0) is 77.3 Å². The Labute approximate surface area is 132 Å².